The van der Waals surface area contributed by atoms with Crippen molar-refractivity contribution in [1.82, 2.24) is 5.32 Å². The molecule has 0 saturated carbocycles. The Kier molecular flexibility index (Phi) is 7.15. The van der Waals surface area contributed by atoms with Gasteiger partial charge in [0, 0.05) is 18.2 Å². The van der Waals surface area contributed by atoms with Gasteiger partial charge in [-0.1, -0.05) is 25.1 Å². The molecule has 0 aliphatic rings. The number of aliphatic hydroxyl groups excluding tert-OH is 1. The number of anilines is 1. The third-order valence-electron chi connectivity index (χ3n) is 2.99. The Hall–Kier alpha value is -1.39. The minimum atomic E-state index is -0.252. The van der Waals surface area contributed by atoms with E-state index in [0.29, 0.717) is 6.42 Å². The second-order valence-corrected chi connectivity index (χ2v) is 4.82. The fourth-order valence-electron chi connectivity index (χ4n) is 1.78. The van der Waals surface area contributed by atoms with Gasteiger partial charge in [0.1, 0.15) is 0 Å². The molecular formula is C15H24N2O2. The molecule has 1 amide bonds. The van der Waals surface area contributed by atoms with Gasteiger partial charge in [0.15, 0.2) is 0 Å². The zero-order chi connectivity index (χ0) is 14.1. The molecule has 1 rings (SSSR count). The van der Waals surface area contributed by atoms with Crippen molar-refractivity contribution in [2.45, 2.75) is 45.3 Å². The highest BCUT2D eigenvalue weighted by molar-refractivity contribution is 5.90. The molecule has 19 heavy (non-hydrogen) atoms. The third-order valence-corrected chi connectivity index (χ3v) is 2.99. The van der Waals surface area contributed by atoms with E-state index >= 15 is 0 Å². The van der Waals surface area contributed by atoms with Crippen molar-refractivity contribution in [1.29, 1.82) is 0 Å². The smallest absolute Gasteiger partial charge is 0.225 e. The van der Waals surface area contributed by atoms with E-state index < -0.39 is 0 Å². The Morgan fingerprint density at radius 1 is 1.32 bits per heavy atom. The summed E-state index contributed by atoms with van der Waals surface area (Å²) in [6.45, 7) is 4.67. The molecule has 1 aromatic carbocycles. The molecule has 0 radical (unpaired) electrons. The van der Waals surface area contributed by atoms with Gasteiger partial charge < -0.3 is 15.7 Å². The van der Waals surface area contributed by atoms with E-state index in [-0.39, 0.29) is 18.1 Å². The van der Waals surface area contributed by atoms with E-state index in [1.807, 2.05) is 44.2 Å². The monoisotopic (exact) mass is 264 g/mol. The molecule has 0 aromatic heterocycles. The molecular weight excluding hydrogens is 240 g/mol. The highest BCUT2D eigenvalue weighted by atomic mass is 16.3. The van der Waals surface area contributed by atoms with E-state index in [1.54, 1.807) is 0 Å². The van der Waals surface area contributed by atoms with Crippen LogP contribution in [0, 0.1) is 0 Å². The maximum absolute atomic E-state index is 11.8. The molecule has 3 N–H and O–H groups in total. The number of nitrogens with one attached hydrogen (secondary N) is 2. The van der Waals surface area contributed by atoms with Crippen molar-refractivity contribution in [2.24, 2.45) is 0 Å². The molecule has 0 spiro atoms. The summed E-state index contributed by atoms with van der Waals surface area (Å²) in [5, 5.41) is 15.5. The lowest BCUT2D eigenvalue weighted by molar-refractivity contribution is -0.116. The van der Waals surface area contributed by atoms with E-state index in [1.165, 1.54) is 0 Å². The number of benzene rings is 1. The van der Waals surface area contributed by atoms with Crippen molar-refractivity contribution >= 4 is 11.6 Å². The van der Waals surface area contributed by atoms with E-state index in [9.17, 15) is 9.90 Å². The SMILES string of the molecule is CCC(O)CCNC(C)CC(=O)Nc1ccccc1. The van der Waals surface area contributed by atoms with E-state index in [2.05, 4.69) is 10.6 Å². The molecule has 0 aliphatic heterocycles. The lowest BCUT2D eigenvalue weighted by atomic mass is 10.1. The second-order valence-electron chi connectivity index (χ2n) is 4.82. The Balaban J connectivity index is 2.21. The van der Waals surface area contributed by atoms with Crippen LogP contribution in [0.3, 0.4) is 0 Å². The molecule has 4 heteroatoms. The van der Waals surface area contributed by atoms with Crippen LogP contribution < -0.4 is 10.6 Å². The predicted octanol–water partition coefficient (Wildman–Crippen LogP) is 2.15. The Morgan fingerprint density at radius 3 is 2.63 bits per heavy atom. The highest BCUT2D eigenvalue weighted by Crippen LogP contribution is 2.06. The number of carbonyl (C=O) groups is 1. The first kappa shape index (κ1) is 15.7. The summed E-state index contributed by atoms with van der Waals surface area (Å²) < 4.78 is 0. The van der Waals surface area contributed by atoms with Gasteiger partial charge in [-0.15, -0.1) is 0 Å². The number of carbonyl (C=O) groups excluding carboxylic acids is 1. The van der Waals surface area contributed by atoms with Crippen LogP contribution in [0.1, 0.15) is 33.1 Å². The molecule has 1 aromatic rings. The summed E-state index contributed by atoms with van der Waals surface area (Å²) in [4.78, 5) is 11.8. The van der Waals surface area contributed by atoms with Gasteiger partial charge in [0.25, 0.3) is 0 Å². The molecule has 0 saturated heterocycles. The van der Waals surface area contributed by atoms with Crippen LogP contribution in [0.25, 0.3) is 0 Å². The Bertz CT molecular complexity index is 368. The molecule has 0 aliphatic carbocycles. The predicted molar refractivity (Wildman–Crippen MR) is 78.1 cm³/mol. The van der Waals surface area contributed by atoms with Crippen molar-refractivity contribution in [3.8, 4) is 0 Å². The van der Waals surface area contributed by atoms with Crippen molar-refractivity contribution in [3.63, 3.8) is 0 Å². The maximum Gasteiger partial charge on any atom is 0.225 e. The van der Waals surface area contributed by atoms with Crippen LogP contribution in [-0.4, -0.2) is 29.7 Å². The topological polar surface area (TPSA) is 61.4 Å². The number of rotatable bonds is 8. The van der Waals surface area contributed by atoms with Crippen LogP contribution in [0.2, 0.25) is 0 Å². The summed E-state index contributed by atoms with van der Waals surface area (Å²) in [5.41, 5.74) is 0.820. The number of aliphatic hydroxyl groups is 1. The van der Waals surface area contributed by atoms with Crippen LogP contribution in [0.15, 0.2) is 30.3 Å². The summed E-state index contributed by atoms with van der Waals surface area (Å²) >= 11 is 0. The number of amides is 1. The van der Waals surface area contributed by atoms with Crippen molar-refractivity contribution < 1.29 is 9.90 Å². The summed E-state index contributed by atoms with van der Waals surface area (Å²) in [5.74, 6) is 0.00207. The fourth-order valence-corrected chi connectivity index (χ4v) is 1.78. The summed E-state index contributed by atoms with van der Waals surface area (Å²) in [6, 6.07) is 9.54. The molecule has 106 valence electrons. The standard InChI is InChI=1S/C15H24N2O2/c1-3-14(18)9-10-16-12(2)11-15(19)17-13-7-5-4-6-8-13/h4-8,12,14,16,18H,3,9-11H2,1-2H3,(H,17,19). The molecule has 4 nitrogen and oxygen atoms in total. The zero-order valence-corrected chi connectivity index (χ0v) is 11.7. The quantitative estimate of drug-likeness (QED) is 0.674. The first-order chi connectivity index (χ1) is 9.11. The van der Waals surface area contributed by atoms with Crippen molar-refractivity contribution in [3.05, 3.63) is 30.3 Å². The van der Waals surface area contributed by atoms with Gasteiger partial charge >= 0.3 is 0 Å². The minimum Gasteiger partial charge on any atom is -0.393 e. The van der Waals surface area contributed by atoms with Gasteiger partial charge in [-0.05, 0) is 38.4 Å². The first-order valence-corrected chi connectivity index (χ1v) is 6.88. The van der Waals surface area contributed by atoms with Crippen LogP contribution in [0.5, 0.6) is 0 Å². The van der Waals surface area contributed by atoms with E-state index in [4.69, 9.17) is 0 Å². The molecule has 0 heterocycles. The van der Waals surface area contributed by atoms with Crippen LogP contribution in [0.4, 0.5) is 5.69 Å². The summed E-state index contributed by atoms with van der Waals surface area (Å²) in [7, 11) is 0. The fraction of sp³-hybridized carbons (Fsp3) is 0.533. The number of para-hydroxylation sites is 1. The van der Waals surface area contributed by atoms with E-state index in [0.717, 1.165) is 25.1 Å². The highest BCUT2D eigenvalue weighted by Gasteiger charge is 2.09. The largest absolute Gasteiger partial charge is 0.393 e. The van der Waals surface area contributed by atoms with Gasteiger partial charge in [-0.3, -0.25) is 4.79 Å². The number of hydrogen-bond donors (Lipinski definition) is 3. The normalized spacial score (nSPS) is 13.8. The zero-order valence-electron chi connectivity index (χ0n) is 11.7. The average molecular weight is 264 g/mol. The molecule has 2 atom stereocenters. The van der Waals surface area contributed by atoms with Gasteiger partial charge in [0.05, 0.1) is 6.10 Å². The van der Waals surface area contributed by atoms with Crippen LogP contribution in [-0.2, 0) is 4.79 Å². The first-order valence-electron chi connectivity index (χ1n) is 6.88. The minimum absolute atomic E-state index is 0.00207. The third kappa shape index (κ3) is 6.94. The average Bonchev–Trinajstić information content (AvgIpc) is 2.39. The lowest BCUT2D eigenvalue weighted by Crippen LogP contribution is -2.32. The Morgan fingerprint density at radius 2 is 2.00 bits per heavy atom. The van der Waals surface area contributed by atoms with Crippen LogP contribution >= 0.6 is 0 Å². The van der Waals surface area contributed by atoms with Crippen molar-refractivity contribution in [2.75, 3.05) is 11.9 Å². The summed E-state index contributed by atoms with van der Waals surface area (Å²) in [6.07, 6.45) is 1.67. The second kappa shape index (κ2) is 8.67. The Labute approximate surface area is 115 Å². The molecule has 2 unspecified atom stereocenters. The van der Waals surface area contributed by atoms with Gasteiger partial charge in [-0.25, -0.2) is 0 Å². The number of hydrogen-bond acceptors (Lipinski definition) is 3. The maximum atomic E-state index is 11.8. The van der Waals surface area contributed by atoms with Gasteiger partial charge in [-0.2, -0.15) is 0 Å². The van der Waals surface area contributed by atoms with Gasteiger partial charge in [0.2, 0.25) is 5.91 Å². The molecule has 0 fully saturated rings. The lowest BCUT2D eigenvalue weighted by Gasteiger charge is -2.15. The molecule has 0 bridgehead atoms.